The van der Waals surface area contributed by atoms with Crippen LogP contribution in [0, 0.1) is 0 Å². The molecule has 2 N–H and O–H groups in total. The van der Waals surface area contributed by atoms with E-state index in [1.54, 1.807) is 6.20 Å². The van der Waals surface area contributed by atoms with E-state index < -0.39 is 0 Å². The van der Waals surface area contributed by atoms with Gasteiger partial charge in [-0.2, -0.15) is 4.98 Å². The molecular weight excluding hydrogens is 395 g/mol. The minimum absolute atomic E-state index is 0.209. The Hall–Kier alpha value is -2.05. The fraction of sp³-hybridized carbons (Fsp3) is 0.450. The summed E-state index contributed by atoms with van der Waals surface area (Å²) in [6.07, 6.45) is 7.43. The van der Waals surface area contributed by atoms with Crippen molar-refractivity contribution >= 4 is 46.5 Å². The number of hydrogen-bond acceptors (Lipinski definition) is 6. The van der Waals surface area contributed by atoms with Gasteiger partial charge in [0.05, 0.1) is 21.8 Å². The molecule has 1 aliphatic carbocycles. The summed E-state index contributed by atoms with van der Waals surface area (Å²) in [5, 5.41) is 8.36. The summed E-state index contributed by atoms with van der Waals surface area (Å²) in [5.74, 6) is 2.44. The molecule has 1 aliphatic heterocycles. The standard InChI is InChI=1S/C20H24Cl2N6/c1-28(2)19-24-12-16-17(26-19)27-20(8-4-3-5-9-20)18(25-16)23-11-13-6-7-14(21)15(22)10-13/h6-7,10,12H,3-5,8-9,11H2,1-2H3,(H,23,25)(H,24,26,27). The van der Waals surface area contributed by atoms with Crippen molar-refractivity contribution in [2.75, 3.05) is 24.3 Å². The molecule has 6 nitrogen and oxygen atoms in total. The number of fused-ring (bicyclic) bond motifs is 1. The molecule has 2 aromatic rings. The third-order valence-corrected chi connectivity index (χ3v) is 6.09. The van der Waals surface area contributed by atoms with E-state index in [-0.39, 0.29) is 5.54 Å². The SMILES string of the molecule is CN(C)c1ncc2c(n1)NC1(CCCCC1)C(NCc1ccc(Cl)c(Cl)c1)=N2. The monoisotopic (exact) mass is 418 g/mol. The number of anilines is 2. The van der Waals surface area contributed by atoms with Crippen LogP contribution in [-0.4, -0.2) is 35.4 Å². The van der Waals surface area contributed by atoms with Crippen LogP contribution < -0.4 is 15.5 Å². The number of benzene rings is 1. The molecule has 1 aromatic heterocycles. The highest BCUT2D eigenvalue weighted by Gasteiger charge is 2.41. The van der Waals surface area contributed by atoms with Gasteiger partial charge in [-0.05, 0) is 30.5 Å². The molecule has 0 saturated heterocycles. The second-order valence-corrected chi connectivity index (χ2v) is 8.44. The van der Waals surface area contributed by atoms with Crippen LogP contribution in [0.1, 0.15) is 37.7 Å². The zero-order valence-corrected chi connectivity index (χ0v) is 17.6. The van der Waals surface area contributed by atoms with Gasteiger partial charge in [0, 0.05) is 20.6 Å². The van der Waals surface area contributed by atoms with E-state index in [4.69, 9.17) is 28.2 Å². The fourth-order valence-corrected chi connectivity index (χ4v) is 4.15. The van der Waals surface area contributed by atoms with Crippen molar-refractivity contribution in [3.05, 3.63) is 40.0 Å². The van der Waals surface area contributed by atoms with Gasteiger partial charge in [-0.15, -0.1) is 0 Å². The summed E-state index contributed by atoms with van der Waals surface area (Å²) < 4.78 is 0. The lowest BCUT2D eigenvalue weighted by Crippen LogP contribution is -2.55. The Balaban J connectivity index is 1.64. The van der Waals surface area contributed by atoms with Gasteiger partial charge >= 0.3 is 0 Å². The zero-order valence-electron chi connectivity index (χ0n) is 16.1. The van der Waals surface area contributed by atoms with Crippen LogP contribution in [0.5, 0.6) is 0 Å². The van der Waals surface area contributed by atoms with Crippen molar-refractivity contribution in [1.29, 1.82) is 0 Å². The number of halogens is 2. The number of nitrogens with zero attached hydrogens (tertiary/aromatic N) is 4. The van der Waals surface area contributed by atoms with Crippen molar-refractivity contribution in [2.45, 2.75) is 44.2 Å². The molecule has 1 fully saturated rings. The molecule has 1 aromatic carbocycles. The average molecular weight is 419 g/mol. The summed E-state index contributed by atoms with van der Waals surface area (Å²) >= 11 is 12.2. The molecule has 0 radical (unpaired) electrons. The lowest BCUT2D eigenvalue weighted by Gasteiger charge is -2.42. The lowest BCUT2D eigenvalue weighted by atomic mass is 9.79. The van der Waals surface area contributed by atoms with Gasteiger partial charge in [0.25, 0.3) is 0 Å². The summed E-state index contributed by atoms with van der Waals surface area (Å²) in [6, 6.07) is 5.69. The Bertz CT molecular complexity index is 906. The largest absolute Gasteiger partial charge is 0.367 e. The molecule has 1 spiro atoms. The lowest BCUT2D eigenvalue weighted by molar-refractivity contribution is 0.395. The Labute approximate surface area is 175 Å². The molecule has 28 heavy (non-hydrogen) atoms. The second kappa shape index (κ2) is 7.76. The second-order valence-electron chi connectivity index (χ2n) is 7.63. The first-order chi connectivity index (χ1) is 13.5. The van der Waals surface area contributed by atoms with Crippen LogP contribution in [-0.2, 0) is 6.54 Å². The Morgan fingerprint density at radius 1 is 1.14 bits per heavy atom. The van der Waals surface area contributed by atoms with Crippen LogP contribution in [0.2, 0.25) is 10.0 Å². The quantitative estimate of drug-likeness (QED) is 0.749. The van der Waals surface area contributed by atoms with E-state index in [0.29, 0.717) is 22.5 Å². The molecular formula is C20H24Cl2N6. The van der Waals surface area contributed by atoms with E-state index in [0.717, 1.165) is 35.7 Å². The highest BCUT2D eigenvalue weighted by molar-refractivity contribution is 6.42. The molecule has 2 aliphatic rings. The number of amidine groups is 1. The highest BCUT2D eigenvalue weighted by Crippen LogP contribution is 2.39. The molecule has 148 valence electrons. The summed E-state index contributed by atoms with van der Waals surface area (Å²) in [4.78, 5) is 15.9. The number of aromatic nitrogens is 2. The third kappa shape index (κ3) is 3.76. The minimum Gasteiger partial charge on any atom is -0.367 e. The van der Waals surface area contributed by atoms with Crippen molar-refractivity contribution in [3.63, 3.8) is 0 Å². The minimum atomic E-state index is -0.209. The van der Waals surface area contributed by atoms with Gasteiger partial charge in [-0.1, -0.05) is 48.5 Å². The van der Waals surface area contributed by atoms with Crippen LogP contribution in [0.15, 0.2) is 29.4 Å². The molecule has 2 heterocycles. The predicted octanol–water partition coefficient (Wildman–Crippen LogP) is 4.80. The first kappa shape index (κ1) is 19.3. The summed E-state index contributed by atoms with van der Waals surface area (Å²) in [5.41, 5.74) is 1.62. The summed E-state index contributed by atoms with van der Waals surface area (Å²) in [6.45, 7) is 0.630. The Morgan fingerprint density at radius 2 is 1.93 bits per heavy atom. The number of aliphatic imine (C=N–C) groups is 1. The van der Waals surface area contributed by atoms with Gasteiger partial charge in [-0.3, -0.25) is 0 Å². The number of nitrogens with one attached hydrogen (secondary N) is 2. The maximum atomic E-state index is 6.16. The molecule has 8 heteroatoms. The molecule has 0 amide bonds. The van der Waals surface area contributed by atoms with Gasteiger partial charge in [0.2, 0.25) is 5.95 Å². The van der Waals surface area contributed by atoms with Gasteiger partial charge < -0.3 is 15.5 Å². The van der Waals surface area contributed by atoms with E-state index >= 15 is 0 Å². The zero-order chi connectivity index (χ0) is 19.7. The van der Waals surface area contributed by atoms with Crippen LogP contribution in [0.25, 0.3) is 0 Å². The smallest absolute Gasteiger partial charge is 0.226 e. The van der Waals surface area contributed by atoms with E-state index in [9.17, 15) is 0 Å². The number of hydrogen-bond donors (Lipinski definition) is 2. The average Bonchev–Trinajstić information content (AvgIpc) is 2.69. The molecule has 4 rings (SSSR count). The van der Waals surface area contributed by atoms with Gasteiger partial charge in [0.1, 0.15) is 11.5 Å². The first-order valence-corrected chi connectivity index (χ1v) is 10.3. The van der Waals surface area contributed by atoms with Crippen LogP contribution in [0.3, 0.4) is 0 Å². The van der Waals surface area contributed by atoms with E-state index in [2.05, 4.69) is 20.6 Å². The molecule has 1 saturated carbocycles. The molecule has 0 atom stereocenters. The van der Waals surface area contributed by atoms with Gasteiger partial charge in [-0.25, -0.2) is 9.98 Å². The predicted molar refractivity (Wildman–Crippen MR) is 116 cm³/mol. The van der Waals surface area contributed by atoms with Crippen molar-refractivity contribution in [3.8, 4) is 0 Å². The van der Waals surface area contributed by atoms with E-state index in [1.807, 2.05) is 37.2 Å². The topological polar surface area (TPSA) is 65.4 Å². The highest BCUT2D eigenvalue weighted by atomic mass is 35.5. The van der Waals surface area contributed by atoms with Crippen molar-refractivity contribution in [1.82, 2.24) is 15.3 Å². The van der Waals surface area contributed by atoms with Gasteiger partial charge in [0.15, 0.2) is 5.82 Å². The Morgan fingerprint density at radius 3 is 2.64 bits per heavy atom. The van der Waals surface area contributed by atoms with Crippen LogP contribution in [0.4, 0.5) is 17.5 Å². The Kier molecular flexibility index (Phi) is 5.34. The summed E-state index contributed by atoms with van der Waals surface area (Å²) in [7, 11) is 3.88. The maximum Gasteiger partial charge on any atom is 0.226 e. The first-order valence-electron chi connectivity index (χ1n) is 9.56. The molecule has 0 bridgehead atoms. The van der Waals surface area contributed by atoms with E-state index in [1.165, 1.54) is 19.3 Å². The number of rotatable bonds is 3. The third-order valence-electron chi connectivity index (χ3n) is 5.35. The van der Waals surface area contributed by atoms with Crippen molar-refractivity contribution in [2.24, 2.45) is 4.99 Å². The molecule has 0 unspecified atom stereocenters. The fourth-order valence-electron chi connectivity index (χ4n) is 3.83. The maximum absolute atomic E-state index is 6.16. The normalized spacial score (nSPS) is 17.5. The van der Waals surface area contributed by atoms with Crippen molar-refractivity contribution < 1.29 is 0 Å². The van der Waals surface area contributed by atoms with Crippen LogP contribution >= 0.6 is 23.2 Å².